The highest BCUT2D eigenvalue weighted by atomic mass is 32.2. The molecule has 0 aliphatic rings. The highest BCUT2D eigenvalue weighted by molar-refractivity contribution is 7.84. The SMILES string of the molecule is CCS(=O)CCNC(CC(C)(C)C)c1ccccc1. The lowest BCUT2D eigenvalue weighted by Gasteiger charge is -2.27. The van der Waals surface area contributed by atoms with E-state index >= 15 is 0 Å². The molecular weight excluding hydrogens is 254 g/mol. The standard InChI is InChI=1S/C16H27NOS/c1-5-19(18)12-11-17-15(13-16(2,3)4)14-9-7-6-8-10-14/h6-10,15,17H,5,11-13H2,1-4H3. The molecule has 1 rings (SSSR count). The smallest absolute Gasteiger partial charge is 0.0360 e. The van der Waals surface area contributed by atoms with E-state index in [4.69, 9.17) is 0 Å². The Hall–Kier alpha value is -0.670. The number of hydrogen-bond acceptors (Lipinski definition) is 2. The van der Waals surface area contributed by atoms with Crippen LogP contribution in [0.2, 0.25) is 0 Å². The summed E-state index contributed by atoms with van der Waals surface area (Å²) in [5.41, 5.74) is 1.59. The van der Waals surface area contributed by atoms with E-state index in [0.717, 1.165) is 24.5 Å². The van der Waals surface area contributed by atoms with E-state index in [0.29, 0.717) is 6.04 Å². The first-order valence-electron chi connectivity index (χ1n) is 7.05. The lowest BCUT2D eigenvalue weighted by atomic mass is 9.85. The van der Waals surface area contributed by atoms with Gasteiger partial charge >= 0.3 is 0 Å². The highest BCUT2D eigenvalue weighted by Gasteiger charge is 2.19. The zero-order valence-corrected chi connectivity index (χ0v) is 13.4. The highest BCUT2D eigenvalue weighted by Crippen LogP contribution is 2.29. The van der Waals surface area contributed by atoms with Crippen LogP contribution in [0.1, 0.15) is 45.7 Å². The fraction of sp³-hybridized carbons (Fsp3) is 0.625. The Kier molecular flexibility index (Phi) is 6.73. The fourth-order valence-electron chi connectivity index (χ4n) is 2.10. The van der Waals surface area contributed by atoms with Gasteiger partial charge in [-0.25, -0.2) is 0 Å². The Bertz CT molecular complexity index is 383. The van der Waals surface area contributed by atoms with Gasteiger partial charge in [-0.2, -0.15) is 0 Å². The summed E-state index contributed by atoms with van der Waals surface area (Å²) < 4.78 is 11.5. The van der Waals surface area contributed by atoms with Crippen LogP contribution < -0.4 is 5.32 Å². The lowest BCUT2D eigenvalue weighted by Crippen LogP contribution is -2.29. The van der Waals surface area contributed by atoms with Crippen molar-refractivity contribution in [2.24, 2.45) is 5.41 Å². The molecule has 0 aliphatic heterocycles. The number of hydrogen-bond donors (Lipinski definition) is 1. The number of rotatable bonds is 7. The van der Waals surface area contributed by atoms with Gasteiger partial charge in [0.1, 0.15) is 0 Å². The van der Waals surface area contributed by atoms with Crippen LogP contribution in [0.5, 0.6) is 0 Å². The van der Waals surface area contributed by atoms with Crippen molar-refractivity contribution in [2.45, 2.75) is 40.2 Å². The first kappa shape index (κ1) is 16.4. The molecule has 0 amide bonds. The Morgan fingerprint density at radius 3 is 2.37 bits per heavy atom. The van der Waals surface area contributed by atoms with Gasteiger partial charge < -0.3 is 5.32 Å². The van der Waals surface area contributed by atoms with E-state index in [2.05, 4.69) is 50.4 Å². The summed E-state index contributed by atoms with van der Waals surface area (Å²) in [6.07, 6.45) is 1.08. The zero-order chi connectivity index (χ0) is 14.3. The van der Waals surface area contributed by atoms with E-state index in [1.54, 1.807) is 0 Å². The van der Waals surface area contributed by atoms with Gasteiger partial charge in [0.05, 0.1) is 0 Å². The predicted molar refractivity (Wildman–Crippen MR) is 84.8 cm³/mol. The van der Waals surface area contributed by atoms with E-state index < -0.39 is 10.8 Å². The molecule has 2 nitrogen and oxygen atoms in total. The van der Waals surface area contributed by atoms with Crippen molar-refractivity contribution in [1.29, 1.82) is 0 Å². The van der Waals surface area contributed by atoms with Crippen molar-refractivity contribution in [1.82, 2.24) is 5.32 Å². The minimum Gasteiger partial charge on any atom is -0.309 e. The van der Waals surface area contributed by atoms with Crippen molar-refractivity contribution in [3.63, 3.8) is 0 Å². The average molecular weight is 281 g/mol. The summed E-state index contributed by atoms with van der Waals surface area (Å²) in [5, 5.41) is 3.56. The van der Waals surface area contributed by atoms with Gasteiger partial charge in [0.15, 0.2) is 0 Å². The molecule has 2 atom stereocenters. The van der Waals surface area contributed by atoms with Crippen LogP contribution in [-0.2, 0) is 10.8 Å². The summed E-state index contributed by atoms with van der Waals surface area (Å²) in [7, 11) is -0.685. The van der Waals surface area contributed by atoms with Gasteiger partial charge in [0.2, 0.25) is 0 Å². The van der Waals surface area contributed by atoms with Crippen molar-refractivity contribution in [3.8, 4) is 0 Å². The van der Waals surface area contributed by atoms with Crippen molar-refractivity contribution in [3.05, 3.63) is 35.9 Å². The third kappa shape index (κ3) is 6.88. The van der Waals surface area contributed by atoms with Crippen molar-refractivity contribution in [2.75, 3.05) is 18.1 Å². The topological polar surface area (TPSA) is 29.1 Å². The van der Waals surface area contributed by atoms with E-state index in [1.807, 2.05) is 13.0 Å². The summed E-state index contributed by atoms with van der Waals surface area (Å²) in [6, 6.07) is 10.9. The molecule has 3 heteroatoms. The van der Waals surface area contributed by atoms with Gasteiger partial charge in [-0.3, -0.25) is 4.21 Å². The van der Waals surface area contributed by atoms with Crippen LogP contribution in [0.3, 0.4) is 0 Å². The molecule has 1 aromatic carbocycles. The summed E-state index contributed by atoms with van der Waals surface area (Å²) in [4.78, 5) is 0. The van der Waals surface area contributed by atoms with Gasteiger partial charge in [-0.05, 0) is 17.4 Å². The van der Waals surface area contributed by atoms with Crippen molar-refractivity contribution >= 4 is 10.8 Å². The quantitative estimate of drug-likeness (QED) is 0.828. The molecule has 0 radical (unpaired) electrons. The Labute approximate surface area is 120 Å². The summed E-state index contributed by atoms with van der Waals surface area (Å²) in [6.45, 7) is 9.56. The average Bonchev–Trinajstić information content (AvgIpc) is 2.37. The fourth-order valence-corrected chi connectivity index (χ4v) is 2.73. The Balaban J connectivity index is 2.63. The molecule has 0 saturated carbocycles. The second-order valence-electron chi connectivity index (χ2n) is 6.11. The molecule has 0 aromatic heterocycles. The summed E-state index contributed by atoms with van der Waals surface area (Å²) in [5.74, 6) is 1.49. The normalized spacial score (nSPS) is 15.2. The van der Waals surface area contributed by atoms with Crippen LogP contribution in [0.4, 0.5) is 0 Å². The third-order valence-electron chi connectivity index (χ3n) is 3.06. The second-order valence-corrected chi connectivity index (χ2v) is 7.98. The first-order valence-corrected chi connectivity index (χ1v) is 8.54. The maximum Gasteiger partial charge on any atom is 0.0360 e. The largest absolute Gasteiger partial charge is 0.309 e. The minimum absolute atomic E-state index is 0.275. The monoisotopic (exact) mass is 281 g/mol. The molecule has 1 N–H and O–H groups in total. The third-order valence-corrected chi connectivity index (χ3v) is 4.36. The molecule has 0 saturated heterocycles. The molecule has 2 unspecified atom stereocenters. The van der Waals surface area contributed by atoms with Crippen molar-refractivity contribution < 1.29 is 4.21 Å². The van der Waals surface area contributed by atoms with E-state index in [-0.39, 0.29) is 5.41 Å². The molecule has 108 valence electrons. The number of nitrogens with one attached hydrogen (secondary N) is 1. The molecular formula is C16H27NOS. The van der Waals surface area contributed by atoms with Crippen LogP contribution in [0.15, 0.2) is 30.3 Å². The van der Waals surface area contributed by atoms with Gasteiger partial charge in [0.25, 0.3) is 0 Å². The maximum absolute atomic E-state index is 11.5. The van der Waals surface area contributed by atoms with E-state index in [9.17, 15) is 4.21 Å². The van der Waals surface area contributed by atoms with E-state index in [1.165, 1.54) is 5.56 Å². The molecule has 0 bridgehead atoms. The predicted octanol–water partition coefficient (Wildman–Crippen LogP) is 3.52. The molecule has 0 spiro atoms. The Morgan fingerprint density at radius 1 is 1.21 bits per heavy atom. The zero-order valence-electron chi connectivity index (χ0n) is 12.6. The van der Waals surface area contributed by atoms with Gasteiger partial charge in [-0.15, -0.1) is 0 Å². The van der Waals surface area contributed by atoms with Crippen LogP contribution in [0, 0.1) is 5.41 Å². The molecule has 0 heterocycles. The lowest BCUT2D eigenvalue weighted by molar-refractivity contribution is 0.314. The van der Waals surface area contributed by atoms with Crippen LogP contribution >= 0.6 is 0 Å². The second kappa shape index (κ2) is 7.81. The molecule has 0 fully saturated rings. The van der Waals surface area contributed by atoms with Crippen LogP contribution in [0.25, 0.3) is 0 Å². The first-order chi connectivity index (χ1) is 8.92. The molecule has 19 heavy (non-hydrogen) atoms. The summed E-state index contributed by atoms with van der Waals surface area (Å²) >= 11 is 0. The minimum atomic E-state index is -0.685. The van der Waals surface area contributed by atoms with Crippen LogP contribution in [-0.4, -0.2) is 22.3 Å². The number of benzene rings is 1. The Morgan fingerprint density at radius 2 is 1.84 bits per heavy atom. The van der Waals surface area contributed by atoms with Gasteiger partial charge in [-0.1, -0.05) is 58.0 Å². The van der Waals surface area contributed by atoms with Gasteiger partial charge in [0, 0.05) is 34.9 Å². The maximum atomic E-state index is 11.5. The molecule has 0 aliphatic carbocycles. The molecule has 1 aromatic rings.